The second kappa shape index (κ2) is 8.00. The number of alkyl halides is 1. The fourth-order valence-corrected chi connectivity index (χ4v) is 3.65. The van der Waals surface area contributed by atoms with Crippen LogP contribution in [0, 0.1) is 5.92 Å². The highest BCUT2D eigenvalue weighted by Crippen LogP contribution is 2.19. The Kier molecular flexibility index (Phi) is 7.35. The molecular formula is C11H21BrOS. The summed E-state index contributed by atoms with van der Waals surface area (Å²) in [6, 6.07) is 0. The van der Waals surface area contributed by atoms with E-state index in [1.54, 1.807) is 0 Å². The molecule has 1 aliphatic rings. The Morgan fingerprint density at radius 1 is 1.50 bits per heavy atom. The van der Waals surface area contributed by atoms with Crippen molar-refractivity contribution in [1.29, 1.82) is 0 Å². The van der Waals surface area contributed by atoms with Crippen molar-refractivity contribution in [3.05, 3.63) is 0 Å². The molecule has 2 unspecified atom stereocenters. The maximum absolute atomic E-state index is 5.58. The molecule has 0 aromatic carbocycles. The average molecular weight is 281 g/mol. The van der Waals surface area contributed by atoms with E-state index in [2.05, 4.69) is 34.6 Å². The Hall–Kier alpha value is 0.790. The maximum Gasteiger partial charge on any atom is 0.0666 e. The minimum absolute atomic E-state index is 0.562. The molecule has 1 heterocycles. The Balaban J connectivity index is 1.88. The van der Waals surface area contributed by atoms with Crippen molar-refractivity contribution in [3.8, 4) is 0 Å². The zero-order chi connectivity index (χ0) is 10.2. The molecule has 0 radical (unpaired) electrons. The van der Waals surface area contributed by atoms with Crippen LogP contribution in [0.2, 0.25) is 0 Å². The summed E-state index contributed by atoms with van der Waals surface area (Å²) in [4.78, 5) is 0. The van der Waals surface area contributed by atoms with E-state index in [9.17, 15) is 0 Å². The van der Waals surface area contributed by atoms with Crippen LogP contribution in [0.4, 0.5) is 0 Å². The van der Waals surface area contributed by atoms with Crippen molar-refractivity contribution in [3.63, 3.8) is 0 Å². The lowest BCUT2D eigenvalue weighted by Crippen LogP contribution is -2.09. The number of thioether (sulfide) groups is 1. The standard InChI is InChI=1S/C11H21BrOS/c1-10(4-6-12)5-8-14-9-11-3-2-7-13-11/h10-11H,2-9H2,1H3. The second-order valence-electron chi connectivity index (χ2n) is 4.08. The molecule has 0 bridgehead atoms. The van der Waals surface area contributed by atoms with Gasteiger partial charge >= 0.3 is 0 Å². The third-order valence-electron chi connectivity index (χ3n) is 2.68. The molecule has 3 heteroatoms. The van der Waals surface area contributed by atoms with Crippen molar-refractivity contribution >= 4 is 27.7 Å². The van der Waals surface area contributed by atoms with Crippen LogP contribution in [0.1, 0.15) is 32.6 Å². The molecule has 0 saturated carbocycles. The lowest BCUT2D eigenvalue weighted by atomic mass is 10.1. The zero-order valence-electron chi connectivity index (χ0n) is 9.01. The minimum atomic E-state index is 0.562. The summed E-state index contributed by atoms with van der Waals surface area (Å²) < 4.78 is 5.58. The molecule has 0 aromatic rings. The average Bonchev–Trinajstić information content (AvgIpc) is 2.65. The summed E-state index contributed by atoms with van der Waals surface area (Å²) in [6.45, 7) is 3.33. The molecule has 1 fully saturated rings. The summed E-state index contributed by atoms with van der Waals surface area (Å²) >= 11 is 5.55. The van der Waals surface area contributed by atoms with E-state index in [0.29, 0.717) is 6.10 Å². The van der Waals surface area contributed by atoms with Gasteiger partial charge < -0.3 is 4.74 Å². The van der Waals surface area contributed by atoms with Gasteiger partial charge in [0.15, 0.2) is 0 Å². The van der Waals surface area contributed by atoms with Crippen LogP contribution in [0.5, 0.6) is 0 Å². The molecule has 2 atom stereocenters. The van der Waals surface area contributed by atoms with Gasteiger partial charge in [-0.25, -0.2) is 0 Å². The van der Waals surface area contributed by atoms with E-state index in [0.717, 1.165) is 17.9 Å². The molecule has 1 aliphatic heterocycles. The monoisotopic (exact) mass is 280 g/mol. The number of halogens is 1. The molecule has 1 saturated heterocycles. The first-order chi connectivity index (χ1) is 6.83. The molecule has 0 spiro atoms. The van der Waals surface area contributed by atoms with Crippen LogP contribution in [-0.4, -0.2) is 29.5 Å². The Morgan fingerprint density at radius 2 is 2.36 bits per heavy atom. The van der Waals surface area contributed by atoms with Gasteiger partial charge in [-0.15, -0.1) is 0 Å². The van der Waals surface area contributed by atoms with Crippen LogP contribution in [-0.2, 0) is 4.74 Å². The van der Waals surface area contributed by atoms with Gasteiger partial charge in [-0.3, -0.25) is 0 Å². The fourth-order valence-electron chi connectivity index (χ4n) is 1.61. The van der Waals surface area contributed by atoms with Gasteiger partial charge in [0.2, 0.25) is 0 Å². The first-order valence-electron chi connectivity index (χ1n) is 5.58. The first kappa shape index (κ1) is 12.9. The molecule has 0 aliphatic carbocycles. The van der Waals surface area contributed by atoms with E-state index in [1.165, 1.54) is 37.2 Å². The summed E-state index contributed by atoms with van der Waals surface area (Å²) in [5, 5.41) is 1.14. The SMILES string of the molecule is CC(CCBr)CCSCC1CCCO1. The number of hydrogen-bond donors (Lipinski definition) is 0. The van der Waals surface area contributed by atoms with Crippen molar-refractivity contribution in [2.45, 2.75) is 38.7 Å². The molecular weight excluding hydrogens is 260 g/mol. The van der Waals surface area contributed by atoms with Crippen molar-refractivity contribution in [2.24, 2.45) is 5.92 Å². The predicted octanol–water partition coefficient (Wildman–Crippen LogP) is 3.71. The van der Waals surface area contributed by atoms with Crippen LogP contribution in [0.25, 0.3) is 0 Å². The van der Waals surface area contributed by atoms with Gasteiger partial charge in [-0.05, 0) is 37.4 Å². The largest absolute Gasteiger partial charge is 0.377 e. The quantitative estimate of drug-likeness (QED) is 0.519. The van der Waals surface area contributed by atoms with Gasteiger partial charge in [0.1, 0.15) is 0 Å². The van der Waals surface area contributed by atoms with Crippen molar-refractivity contribution < 1.29 is 4.74 Å². The third kappa shape index (κ3) is 5.62. The van der Waals surface area contributed by atoms with Gasteiger partial charge in [0.25, 0.3) is 0 Å². The van der Waals surface area contributed by atoms with E-state index < -0.39 is 0 Å². The van der Waals surface area contributed by atoms with Crippen molar-refractivity contribution in [2.75, 3.05) is 23.4 Å². The number of hydrogen-bond acceptors (Lipinski definition) is 2. The number of ether oxygens (including phenoxy) is 1. The van der Waals surface area contributed by atoms with Crippen molar-refractivity contribution in [1.82, 2.24) is 0 Å². The fraction of sp³-hybridized carbons (Fsp3) is 1.00. The topological polar surface area (TPSA) is 9.23 Å². The van der Waals surface area contributed by atoms with Crippen LogP contribution in [0.3, 0.4) is 0 Å². The summed E-state index contributed by atoms with van der Waals surface area (Å²) in [6.07, 6.45) is 5.77. The molecule has 84 valence electrons. The highest BCUT2D eigenvalue weighted by molar-refractivity contribution is 9.09. The second-order valence-corrected chi connectivity index (χ2v) is 6.02. The number of rotatable bonds is 7. The van der Waals surface area contributed by atoms with E-state index >= 15 is 0 Å². The van der Waals surface area contributed by atoms with Crippen LogP contribution >= 0.6 is 27.7 Å². The molecule has 0 N–H and O–H groups in total. The molecule has 0 aromatic heterocycles. The molecule has 1 nitrogen and oxygen atoms in total. The van der Waals surface area contributed by atoms with Crippen LogP contribution < -0.4 is 0 Å². The minimum Gasteiger partial charge on any atom is -0.377 e. The smallest absolute Gasteiger partial charge is 0.0666 e. The van der Waals surface area contributed by atoms with E-state index in [4.69, 9.17) is 4.74 Å². The third-order valence-corrected chi connectivity index (χ3v) is 4.27. The zero-order valence-corrected chi connectivity index (χ0v) is 11.4. The Labute approximate surface area is 100 Å². The Bertz CT molecular complexity index is 137. The Morgan fingerprint density at radius 3 is 3.00 bits per heavy atom. The first-order valence-corrected chi connectivity index (χ1v) is 7.86. The van der Waals surface area contributed by atoms with E-state index in [-0.39, 0.29) is 0 Å². The lowest BCUT2D eigenvalue weighted by Gasteiger charge is -2.11. The van der Waals surface area contributed by atoms with Gasteiger partial charge in [0, 0.05) is 17.7 Å². The molecule has 14 heavy (non-hydrogen) atoms. The highest BCUT2D eigenvalue weighted by atomic mass is 79.9. The predicted molar refractivity (Wildman–Crippen MR) is 68.5 cm³/mol. The summed E-state index contributed by atoms with van der Waals surface area (Å²) in [7, 11) is 0. The summed E-state index contributed by atoms with van der Waals surface area (Å²) in [5.74, 6) is 3.38. The molecule has 0 amide bonds. The highest BCUT2D eigenvalue weighted by Gasteiger charge is 2.14. The van der Waals surface area contributed by atoms with Crippen LogP contribution in [0.15, 0.2) is 0 Å². The van der Waals surface area contributed by atoms with Gasteiger partial charge in [-0.2, -0.15) is 11.8 Å². The summed E-state index contributed by atoms with van der Waals surface area (Å²) in [5.41, 5.74) is 0. The molecule has 1 rings (SSSR count). The van der Waals surface area contributed by atoms with E-state index in [1.807, 2.05) is 0 Å². The normalized spacial score (nSPS) is 24.0. The lowest BCUT2D eigenvalue weighted by molar-refractivity contribution is 0.129. The van der Waals surface area contributed by atoms with Gasteiger partial charge in [-0.1, -0.05) is 22.9 Å². The van der Waals surface area contributed by atoms with Gasteiger partial charge in [0.05, 0.1) is 6.10 Å². The maximum atomic E-state index is 5.58.